The third-order valence-electron chi connectivity index (χ3n) is 2.63. The Balaban J connectivity index is 2.14. The number of rotatable bonds is 2. The molecule has 0 aliphatic carbocycles. The highest BCUT2D eigenvalue weighted by molar-refractivity contribution is 5.88. The minimum atomic E-state index is -0.591. The first-order valence-corrected chi connectivity index (χ1v) is 5.50. The van der Waals surface area contributed by atoms with Crippen molar-refractivity contribution in [1.82, 2.24) is 25.0 Å². The van der Waals surface area contributed by atoms with E-state index in [-0.39, 0.29) is 5.82 Å². The van der Waals surface area contributed by atoms with E-state index in [9.17, 15) is 4.79 Å². The lowest BCUT2D eigenvalue weighted by atomic mass is 10.2. The number of nitrogens with zero attached hydrogens (tertiary/aromatic N) is 5. The van der Waals surface area contributed by atoms with Gasteiger partial charge >= 0.3 is 5.97 Å². The molecule has 0 aliphatic rings. The number of carbonyl (C=O) groups excluding carboxylic acids is 1. The summed E-state index contributed by atoms with van der Waals surface area (Å²) in [5.74, 6) is -0.0927. The van der Waals surface area contributed by atoms with E-state index >= 15 is 0 Å². The Morgan fingerprint density at radius 1 is 1.32 bits per heavy atom. The Labute approximate surface area is 107 Å². The summed E-state index contributed by atoms with van der Waals surface area (Å²) in [5.41, 5.74) is 0. The lowest BCUT2D eigenvalue weighted by molar-refractivity contribution is 0.0587. The normalized spacial score (nSPS) is 10.6. The summed E-state index contributed by atoms with van der Waals surface area (Å²) < 4.78 is 5.96. The van der Waals surface area contributed by atoms with Crippen LogP contribution in [-0.2, 0) is 4.74 Å². The largest absolute Gasteiger partial charge is 0.463 e. The van der Waals surface area contributed by atoms with Gasteiger partial charge in [-0.25, -0.2) is 9.78 Å². The van der Waals surface area contributed by atoms with Gasteiger partial charge in [-0.3, -0.25) is 0 Å². The van der Waals surface area contributed by atoms with Gasteiger partial charge in [0, 0.05) is 10.8 Å². The molecule has 0 N–H and O–H groups in total. The van der Waals surface area contributed by atoms with Crippen molar-refractivity contribution in [2.24, 2.45) is 0 Å². The van der Waals surface area contributed by atoms with Crippen LogP contribution in [0.1, 0.15) is 10.6 Å². The van der Waals surface area contributed by atoms with Gasteiger partial charge in [-0.1, -0.05) is 24.3 Å². The van der Waals surface area contributed by atoms with Gasteiger partial charge in [-0.2, -0.15) is 9.78 Å². The van der Waals surface area contributed by atoms with E-state index in [2.05, 4.69) is 25.0 Å². The molecule has 0 bridgehead atoms. The quantitative estimate of drug-likeness (QED) is 0.635. The fourth-order valence-electron chi connectivity index (χ4n) is 1.73. The van der Waals surface area contributed by atoms with Crippen LogP contribution in [0.3, 0.4) is 0 Å². The molecule has 7 nitrogen and oxygen atoms in total. The second kappa shape index (κ2) is 4.45. The molecule has 0 unspecified atom stereocenters. The molecule has 0 radical (unpaired) electrons. The molecule has 0 aliphatic heterocycles. The molecular weight excluding hydrogens is 246 g/mol. The molecule has 0 atom stereocenters. The smallest absolute Gasteiger partial charge is 0.377 e. The molecule has 0 saturated carbocycles. The molecule has 0 fully saturated rings. The number of fused-ring (bicyclic) bond motifs is 1. The second-order valence-electron chi connectivity index (χ2n) is 3.76. The average Bonchev–Trinajstić information content (AvgIpc) is 2.95. The maximum atomic E-state index is 11.3. The number of hydrogen-bond acceptors (Lipinski definition) is 6. The van der Waals surface area contributed by atoms with Gasteiger partial charge < -0.3 is 4.74 Å². The molecule has 1 aromatic carbocycles. The first kappa shape index (κ1) is 11.3. The zero-order valence-electron chi connectivity index (χ0n) is 10.0. The predicted molar refractivity (Wildman–Crippen MR) is 65.8 cm³/mol. The highest BCUT2D eigenvalue weighted by atomic mass is 16.5. The van der Waals surface area contributed by atoms with Crippen LogP contribution >= 0.6 is 0 Å². The summed E-state index contributed by atoms with van der Waals surface area (Å²) in [5, 5.41) is 13.8. The average molecular weight is 255 g/mol. The number of ether oxygens (including phenoxy) is 1. The third-order valence-corrected chi connectivity index (χ3v) is 2.63. The number of benzene rings is 1. The molecule has 3 rings (SSSR count). The maximum absolute atomic E-state index is 11.3. The van der Waals surface area contributed by atoms with Crippen LogP contribution in [0, 0.1) is 0 Å². The lowest BCUT2D eigenvalue weighted by Gasteiger charge is -2.02. The Morgan fingerprint density at radius 2 is 2.16 bits per heavy atom. The lowest BCUT2D eigenvalue weighted by Crippen LogP contribution is -2.06. The minimum absolute atomic E-state index is 0.0164. The van der Waals surface area contributed by atoms with Crippen LogP contribution in [0.4, 0.5) is 0 Å². The van der Waals surface area contributed by atoms with E-state index in [0.29, 0.717) is 5.82 Å². The topological polar surface area (TPSA) is 82.8 Å². The number of aromatic nitrogens is 5. The van der Waals surface area contributed by atoms with Gasteiger partial charge in [-0.15, -0.1) is 10.2 Å². The summed E-state index contributed by atoms with van der Waals surface area (Å²) in [6, 6.07) is 7.63. The van der Waals surface area contributed by atoms with Gasteiger partial charge in [0.2, 0.25) is 0 Å². The molecule has 3 aromatic rings. The number of esters is 1. The Hall–Kier alpha value is -2.83. The molecular formula is C12H9N5O2. The van der Waals surface area contributed by atoms with Gasteiger partial charge in [0.15, 0.2) is 5.82 Å². The molecule has 19 heavy (non-hydrogen) atoms. The minimum Gasteiger partial charge on any atom is -0.463 e. The van der Waals surface area contributed by atoms with E-state index in [4.69, 9.17) is 0 Å². The first-order valence-electron chi connectivity index (χ1n) is 5.50. The highest BCUT2D eigenvalue weighted by Crippen LogP contribution is 2.17. The Kier molecular flexibility index (Phi) is 2.64. The van der Waals surface area contributed by atoms with E-state index in [1.165, 1.54) is 18.1 Å². The molecule has 2 aromatic heterocycles. The standard InChI is InChI=1S/C12H9N5O2/c1-19-12(18)10-13-7-17(16-10)11-9-5-3-2-4-8(9)6-14-15-11/h2-7H,1H3. The van der Waals surface area contributed by atoms with E-state index in [1.807, 2.05) is 24.3 Å². The maximum Gasteiger partial charge on any atom is 0.377 e. The van der Waals surface area contributed by atoms with E-state index in [0.717, 1.165) is 10.8 Å². The van der Waals surface area contributed by atoms with Crippen molar-refractivity contribution in [1.29, 1.82) is 0 Å². The van der Waals surface area contributed by atoms with Gasteiger partial charge in [0.05, 0.1) is 13.3 Å². The summed E-state index contributed by atoms with van der Waals surface area (Å²) in [6.45, 7) is 0. The highest BCUT2D eigenvalue weighted by Gasteiger charge is 2.14. The van der Waals surface area contributed by atoms with Gasteiger partial charge in [0.25, 0.3) is 5.82 Å². The predicted octanol–water partition coefficient (Wildman–Crippen LogP) is 0.997. The van der Waals surface area contributed by atoms with Crippen molar-refractivity contribution in [3.63, 3.8) is 0 Å². The van der Waals surface area contributed by atoms with Crippen molar-refractivity contribution >= 4 is 16.7 Å². The van der Waals surface area contributed by atoms with Crippen LogP contribution in [0.15, 0.2) is 36.8 Å². The Morgan fingerprint density at radius 3 is 3.00 bits per heavy atom. The van der Waals surface area contributed by atoms with Crippen molar-refractivity contribution < 1.29 is 9.53 Å². The molecule has 0 amide bonds. The van der Waals surface area contributed by atoms with Crippen molar-refractivity contribution in [3.8, 4) is 5.82 Å². The SMILES string of the molecule is COC(=O)c1ncn(-c2nncc3ccccc23)n1. The molecule has 94 valence electrons. The van der Waals surface area contributed by atoms with Gasteiger partial charge in [-0.05, 0) is 0 Å². The zero-order chi connectivity index (χ0) is 13.2. The third kappa shape index (κ3) is 1.90. The fraction of sp³-hybridized carbons (Fsp3) is 0.0833. The molecule has 7 heteroatoms. The van der Waals surface area contributed by atoms with Gasteiger partial charge in [0.1, 0.15) is 6.33 Å². The van der Waals surface area contributed by atoms with Crippen molar-refractivity contribution in [3.05, 3.63) is 42.6 Å². The number of hydrogen-bond donors (Lipinski definition) is 0. The first-order chi connectivity index (χ1) is 9.29. The van der Waals surface area contributed by atoms with E-state index < -0.39 is 5.97 Å². The van der Waals surface area contributed by atoms with Crippen LogP contribution in [-0.4, -0.2) is 38.0 Å². The number of carbonyl (C=O) groups is 1. The zero-order valence-corrected chi connectivity index (χ0v) is 10.0. The van der Waals surface area contributed by atoms with E-state index in [1.54, 1.807) is 6.20 Å². The van der Waals surface area contributed by atoms with Crippen molar-refractivity contribution in [2.45, 2.75) is 0 Å². The van der Waals surface area contributed by atoms with Crippen LogP contribution < -0.4 is 0 Å². The summed E-state index contributed by atoms with van der Waals surface area (Å²) >= 11 is 0. The van der Waals surface area contributed by atoms with Crippen LogP contribution in [0.25, 0.3) is 16.6 Å². The fourth-order valence-corrected chi connectivity index (χ4v) is 1.73. The van der Waals surface area contributed by atoms with Crippen molar-refractivity contribution in [2.75, 3.05) is 7.11 Å². The summed E-state index contributed by atoms with van der Waals surface area (Å²) in [4.78, 5) is 15.2. The number of methoxy groups -OCH3 is 1. The summed E-state index contributed by atoms with van der Waals surface area (Å²) in [7, 11) is 1.28. The van der Waals surface area contributed by atoms with Crippen LogP contribution in [0.5, 0.6) is 0 Å². The molecule has 0 saturated heterocycles. The second-order valence-corrected chi connectivity index (χ2v) is 3.76. The monoisotopic (exact) mass is 255 g/mol. The Bertz CT molecular complexity index is 747. The van der Waals surface area contributed by atoms with Crippen LogP contribution in [0.2, 0.25) is 0 Å². The molecule has 0 spiro atoms. The molecule has 2 heterocycles. The summed E-state index contributed by atoms with van der Waals surface area (Å²) in [6.07, 6.45) is 3.07.